The lowest BCUT2D eigenvalue weighted by Crippen LogP contribution is -2.62. The number of carbonyl (C=O) groups is 16. The van der Waals surface area contributed by atoms with E-state index in [1.165, 1.54) is 111 Å². The van der Waals surface area contributed by atoms with Crippen LogP contribution < -0.4 is 42.5 Å². The molecule has 0 saturated carbocycles. The first-order chi connectivity index (χ1) is 58.1. The lowest BCUT2D eigenvalue weighted by atomic mass is 9.94. The zero-order valence-corrected chi connectivity index (χ0v) is 72.0. The van der Waals surface area contributed by atoms with Gasteiger partial charge in [-0.05, 0) is 55.4 Å². The van der Waals surface area contributed by atoms with Crippen molar-refractivity contribution in [3.8, 4) is 0 Å². The molecule has 128 heavy (non-hydrogen) atoms. The molecule has 32 unspecified atom stereocenters. The minimum absolute atomic E-state index is 0.361. The van der Waals surface area contributed by atoms with Crippen LogP contribution in [-0.4, -0.2) is 410 Å². The molecule has 0 radical (unpaired) electrons. The van der Waals surface area contributed by atoms with E-state index >= 15 is 0 Å². The van der Waals surface area contributed by atoms with Crippen LogP contribution in [0.3, 0.4) is 0 Å². The third-order valence-electron chi connectivity index (χ3n) is 19.9. The monoisotopic (exact) mass is 1860 g/mol. The van der Waals surface area contributed by atoms with Crippen LogP contribution in [0.15, 0.2) is 0 Å². The van der Waals surface area contributed by atoms with Gasteiger partial charge in [-0.25, -0.2) is 38.4 Å². The minimum Gasteiger partial charge on any atom is -0.477 e. The van der Waals surface area contributed by atoms with Crippen molar-refractivity contribution in [3.05, 3.63) is 0 Å². The highest BCUT2D eigenvalue weighted by Gasteiger charge is 2.57. The molecule has 8 saturated heterocycles. The van der Waals surface area contributed by atoms with Gasteiger partial charge in [0.05, 0.1) is 146 Å². The highest BCUT2D eigenvalue weighted by Crippen LogP contribution is 2.35. The molecule has 8 aliphatic heterocycles. The molecule has 32 N–H and O–H groups in total. The Morgan fingerprint density at radius 2 is 0.258 bits per heavy atom. The lowest BCUT2D eigenvalue weighted by Gasteiger charge is -2.40. The molecule has 8 rings (SSSR count). The summed E-state index contributed by atoms with van der Waals surface area (Å²) in [7, 11) is 0. The molecule has 0 aromatic carbocycles. The van der Waals surface area contributed by atoms with Gasteiger partial charge in [0.2, 0.25) is 47.3 Å². The maximum absolute atomic E-state index is 10.8. The van der Waals surface area contributed by atoms with E-state index in [2.05, 4.69) is 42.5 Å². The van der Waals surface area contributed by atoms with Crippen molar-refractivity contribution < 1.29 is 237 Å². The summed E-state index contributed by atoms with van der Waals surface area (Å²) in [6, 6.07) is -5.80. The van der Waals surface area contributed by atoms with Gasteiger partial charge < -0.3 is 203 Å². The molecule has 0 aliphatic carbocycles. The van der Waals surface area contributed by atoms with E-state index in [9.17, 15) is 158 Å². The number of aliphatic carboxylic acids is 8. The Morgan fingerprint density at radius 3 is 0.305 bits per heavy atom. The molecule has 56 heteroatoms. The van der Waals surface area contributed by atoms with Gasteiger partial charge in [-0.15, -0.1) is 0 Å². The Bertz CT molecular complexity index is 3060. The first-order valence-electron chi connectivity index (χ1n) is 38.8. The summed E-state index contributed by atoms with van der Waals surface area (Å²) in [5.74, 6) is -34.5. The molecule has 8 heterocycles. The highest BCUT2D eigenvalue weighted by atomic mass is 16.7. The molecule has 0 aromatic rings. The summed E-state index contributed by atoms with van der Waals surface area (Å²) in [4.78, 5) is 173. The van der Waals surface area contributed by atoms with Crippen LogP contribution in [0.4, 0.5) is 0 Å². The number of ether oxygens (including phenoxy) is 8. The first kappa shape index (κ1) is 117. The van der Waals surface area contributed by atoms with Crippen molar-refractivity contribution in [1.29, 1.82) is 0 Å². The van der Waals surface area contributed by atoms with Crippen molar-refractivity contribution in [1.82, 2.24) is 42.5 Å². The average Bonchev–Trinajstić information content (AvgIpc) is 0.844. The van der Waals surface area contributed by atoms with Crippen molar-refractivity contribution >= 4 is 95.0 Å². The van der Waals surface area contributed by atoms with Gasteiger partial charge in [-0.2, -0.15) is 0 Å². The fourth-order valence-electron chi connectivity index (χ4n) is 13.9. The molecule has 8 fully saturated rings. The molecule has 0 aromatic heterocycles. The molecule has 736 valence electrons. The van der Waals surface area contributed by atoms with Crippen LogP contribution in [0, 0.1) is 0 Å². The predicted molar refractivity (Wildman–Crippen MR) is 411 cm³/mol. The van der Waals surface area contributed by atoms with Crippen LogP contribution in [0.1, 0.15) is 162 Å². The summed E-state index contributed by atoms with van der Waals surface area (Å²) in [5.41, 5.74) is 0. The fourth-order valence-corrected chi connectivity index (χ4v) is 13.9. The standard InChI is InChI=1S/8C9H15NO6/c8*1-4-7(10-5(2)11)6(12)3-9(15,16-4)8(13)14/h8*4,6-7,12,15H,3H2,1-2H3,(H,10,11)(H,13,14). The van der Waals surface area contributed by atoms with E-state index in [1.807, 2.05) is 0 Å². The van der Waals surface area contributed by atoms with E-state index in [1.54, 1.807) is 0 Å². The zero-order valence-electron chi connectivity index (χ0n) is 72.0. The molecule has 8 amide bonds. The maximum atomic E-state index is 10.8. The average molecular weight is 1870 g/mol. The fraction of sp³-hybridized carbons (Fsp3) is 0.778. The number of hydrogen-bond acceptors (Lipinski definition) is 40. The molecular weight excluding hydrogens is 1740 g/mol. The van der Waals surface area contributed by atoms with E-state index in [-0.39, 0.29) is 47.3 Å². The van der Waals surface area contributed by atoms with Crippen molar-refractivity contribution in [3.63, 3.8) is 0 Å². The molecule has 8 aliphatic rings. The molecule has 32 atom stereocenters. The Morgan fingerprint density at radius 1 is 0.188 bits per heavy atom. The summed E-state index contributed by atoms with van der Waals surface area (Å²) in [6.45, 7) is 22.0. The second kappa shape index (κ2) is 47.9. The number of aliphatic hydroxyl groups excluding tert-OH is 8. The number of carbonyl (C=O) groups excluding carboxylic acids is 8. The van der Waals surface area contributed by atoms with Gasteiger partial charge in [0.15, 0.2) is 0 Å². The van der Waals surface area contributed by atoms with E-state index in [0.717, 1.165) is 0 Å². The zero-order chi connectivity index (χ0) is 100. The number of hydrogen-bond donors (Lipinski definition) is 32. The molecular formula is C72H120N8O48. The van der Waals surface area contributed by atoms with Crippen LogP contribution in [0.2, 0.25) is 0 Å². The van der Waals surface area contributed by atoms with Crippen LogP contribution >= 0.6 is 0 Å². The quantitative estimate of drug-likeness (QED) is 0.0682. The molecule has 0 bridgehead atoms. The van der Waals surface area contributed by atoms with Gasteiger partial charge in [0.25, 0.3) is 46.3 Å². The Hall–Kier alpha value is -9.44. The van der Waals surface area contributed by atoms with Gasteiger partial charge in [-0.3, -0.25) is 38.4 Å². The summed E-state index contributed by atoms with van der Waals surface area (Å²) >= 11 is 0. The minimum atomic E-state index is -2.40. The smallest absolute Gasteiger partial charge is 0.364 e. The predicted octanol–water partition coefficient (Wildman–Crippen LogP) is -12.5. The van der Waals surface area contributed by atoms with E-state index < -0.39 is 291 Å². The highest BCUT2D eigenvalue weighted by molar-refractivity contribution is 5.81. The maximum Gasteiger partial charge on any atom is 0.364 e. The SMILES string of the molecule is CC(=O)NC1C(O)CC(O)(C(=O)O)OC1C.CC(=O)NC1C(O)CC(O)(C(=O)O)OC1C.CC(=O)NC1C(O)CC(O)(C(=O)O)OC1C.CC(=O)NC1C(O)CC(O)(C(=O)O)OC1C.CC(=O)NC1C(O)CC(O)(C(=O)O)OC1C.CC(=O)NC1C(O)CC(O)(C(=O)O)OC1C.CC(=O)NC1C(O)CC(O)(C(=O)O)OC1C.CC(=O)NC1C(O)CC(O)(C(=O)O)OC1C. The van der Waals surface area contributed by atoms with Crippen molar-refractivity contribution in [2.45, 2.75) is 354 Å². The van der Waals surface area contributed by atoms with E-state index in [4.69, 9.17) is 78.7 Å². The summed E-state index contributed by atoms with van der Waals surface area (Å²) < 4.78 is 39.2. The van der Waals surface area contributed by atoms with Gasteiger partial charge >= 0.3 is 47.8 Å². The number of rotatable bonds is 16. The van der Waals surface area contributed by atoms with Crippen molar-refractivity contribution in [2.75, 3.05) is 0 Å². The Kier molecular flexibility index (Phi) is 43.6. The second-order valence-electron chi connectivity index (χ2n) is 31.3. The number of aliphatic hydroxyl groups is 16. The third kappa shape index (κ3) is 33.8. The summed E-state index contributed by atoms with van der Waals surface area (Å²) in [5, 5.41) is 243. The van der Waals surface area contributed by atoms with E-state index in [0.29, 0.717) is 0 Å². The Balaban J connectivity index is 0.000000731. The topological polar surface area (TPSA) is 929 Å². The van der Waals surface area contributed by atoms with Gasteiger partial charge in [0.1, 0.15) is 0 Å². The molecule has 56 nitrogen and oxygen atoms in total. The van der Waals surface area contributed by atoms with Crippen molar-refractivity contribution in [2.24, 2.45) is 0 Å². The third-order valence-corrected chi connectivity index (χ3v) is 19.9. The van der Waals surface area contributed by atoms with Gasteiger partial charge in [-0.1, -0.05) is 0 Å². The van der Waals surface area contributed by atoms with Crippen LogP contribution in [-0.2, 0) is 115 Å². The lowest BCUT2D eigenvalue weighted by molar-refractivity contribution is -0.273. The van der Waals surface area contributed by atoms with Crippen LogP contribution in [0.25, 0.3) is 0 Å². The molecule has 0 spiro atoms. The number of nitrogens with one attached hydrogen (secondary N) is 8. The van der Waals surface area contributed by atoms with Crippen LogP contribution in [0.5, 0.6) is 0 Å². The summed E-state index contributed by atoms with van der Waals surface area (Å²) in [6.07, 6.45) is -19.7. The largest absolute Gasteiger partial charge is 0.477 e. The first-order valence-corrected chi connectivity index (χ1v) is 38.8. The second-order valence-corrected chi connectivity index (χ2v) is 31.3. The Labute approximate surface area is 727 Å². The number of amides is 8. The van der Waals surface area contributed by atoms with Gasteiger partial charge in [0, 0.05) is 107 Å². The number of carboxylic acids is 8. The number of carboxylic acid groups (broad SMARTS) is 8. The normalized spacial score (nSPS) is 39.1.